The van der Waals surface area contributed by atoms with Gasteiger partial charge in [0.2, 0.25) is 0 Å². The zero-order valence-corrected chi connectivity index (χ0v) is 8.32. The lowest BCUT2D eigenvalue weighted by atomic mass is 10.2. The Kier molecular flexibility index (Phi) is 3.66. The highest BCUT2D eigenvalue weighted by Gasteiger charge is 2.29. The summed E-state index contributed by atoms with van der Waals surface area (Å²) in [5.74, 6) is -0.894. The summed E-state index contributed by atoms with van der Waals surface area (Å²) in [6.45, 7) is -0.930. The summed E-state index contributed by atoms with van der Waals surface area (Å²) < 4.78 is 36.5. The van der Waals surface area contributed by atoms with E-state index in [2.05, 4.69) is 5.32 Å². The molecule has 0 unspecified atom stereocenters. The van der Waals surface area contributed by atoms with E-state index >= 15 is 0 Å². The number of carbonyl (C=O) groups excluding carboxylic acids is 1. The van der Waals surface area contributed by atoms with E-state index in [0.717, 1.165) is 24.3 Å². The van der Waals surface area contributed by atoms with Gasteiger partial charge in [-0.25, -0.2) is 0 Å². The largest absolute Gasteiger partial charge is 0.416 e. The van der Waals surface area contributed by atoms with Crippen LogP contribution in [-0.2, 0) is 11.0 Å². The molecule has 0 radical (unpaired) electrons. The van der Waals surface area contributed by atoms with Crippen LogP contribution < -0.4 is 5.32 Å². The third-order valence-corrected chi connectivity index (χ3v) is 1.77. The SMILES string of the molecule is O=C(C[N+](=O)[O-])Nc1ccc(C(F)(F)F)cc1. The van der Waals surface area contributed by atoms with E-state index in [4.69, 9.17) is 0 Å². The minimum atomic E-state index is -4.45. The van der Waals surface area contributed by atoms with Crippen molar-refractivity contribution in [1.82, 2.24) is 0 Å². The summed E-state index contributed by atoms with van der Waals surface area (Å²) in [6.07, 6.45) is -4.45. The van der Waals surface area contributed by atoms with Gasteiger partial charge in [0.25, 0.3) is 12.5 Å². The van der Waals surface area contributed by atoms with Gasteiger partial charge in [0.1, 0.15) is 0 Å². The number of benzene rings is 1. The van der Waals surface area contributed by atoms with Crippen LogP contribution in [0, 0.1) is 10.1 Å². The molecule has 0 aromatic heterocycles. The molecule has 0 aliphatic carbocycles. The fourth-order valence-corrected chi connectivity index (χ4v) is 1.06. The van der Waals surface area contributed by atoms with E-state index in [1.54, 1.807) is 0 Å². The molecule has 0 aliphatic heterocycles. The molecule has 8 heteroatoms. The zero-order valence-electron chi connectivity index (χ0n) is 8.32. The quantitative estimate of drug-likeness (QED) is 0.656. The first-order valence-electron chi connectivity index (χ1n) is 4.38. The number of carbonyl (C=O) groups is 1. The Morgan fingerprint density at radius 1 is 1.29 bits per heavy atom. The van der Waals surface area contributed by atoms with Crippen LogP contribution in [0.25, 0.3) is 0 Å². The standard InChI is InChI=1S/C9H7F3N2O3/c10-9(11,12)6-1-3-7(4-2-6)13-8(15)5-14(16)17/h1-4H,5H2,(H,13,15). The first-order chi connectivity index (χ1) is 7.79. The van der Waals surface area contributed by atoms with Crippen LogP contribution in [0.2, 0.25) is 0 Å². The molecule has 5 nitrogen and oxygen atoms in total. The molecule has 0 bridgehead atoms. The average Bonchev–Trinajstić information content (AvgIpc) is 2.15. The van der Waals surface area contributed by atoms with Crippen LogP contribution in [0.3, 0.4) is 0 Å². The Hall–Kier alpha value is -2.12. The fraction of sp³-hybridized carbons (Fsp3) is 0.222. The second kappa shape index (κ2) is 4.81. The molecule has 0 saturated carbocycles. The van der Waals surface area contributed by atoms with Crippen molar-refractivity contribution in [2.45, 2.75) is 6.18 Å². The maximum absolute atomic E-state index is 12.2. The summed E-state index contributed by atoms with van der Waals surface area (Å²) in [7, 11) is 0. The minimum absolute atomic E-state index is 0.0739. The van der Waals surface area contributed by atoms with Gasteiger partial charge in [-0.2, -0.15) is 13.2 Å². The Balaban J connectivity index is 2.69. The maximum atomic E-state index is 12.2. The Bertz CT molecular complexity index is 428. The van der Waals surface area contributed by atoms with Gasteiger partial charge in [-0.05, 0) is 24.3 Å². The predicted molar refractivity (Wildman–Crippen MR) is 51.9 cm³/mol. The number of hydrogen-bond donors (Lipinski definition) is 1. The van der Waals surface area contributed by atoms with E-state index in [1.165, 1.54) is 0 Å². The van der Waals surface area contributed by atoms with Gasteiger partial charge in [0.05, 0.1) is 5.56 Å². The number of hydrogen-bond acceptors (Lipinski definition) is 3. The highest BCUT2D eigenvalue weighted by atomic mass is 19.4. The molecule has 1 aromatic rings. The molecule has 1 N–H and O–H groups in total. The number of anilines is 1. The Morgan fingerprint density at radius 2 is 1.82 bits per heavy atom. The molecule has 1 aromatic carbocycles. The van der Waals surface area contributed by atoms with Gasteiger partial charge in [0.15, 0.2) is 0 Å². The summed E-state index contributed by atoms with van der Waals surface area (Å²) in [5.41, 5.74) is -0.783. The third kappa shape index (κ3) is 4.09. The van der Waals surface area contributed by atoms with Crippen molar-refractivity contribution in [2.24, 2.45) is 0 Å². The molecular weight excluding hydrogens is 241 g/mol. The van der Waals surface area contributed by atoms with Crippen LogP contribution in [0.4, 0.5) is 18.9 Å². The molecule has 17 heavy (non-hydrogen) atoms. The van der Waals surface area contributed by atoms with Crippen molar-refractivity contribution in [3.8, 4) is 0 Å². The summed E-state index contributed by atoms with van der Waals surface area (Å²) >= 11 is 0. The van der Waals surface area contributed by atoms with E-state index in [1.807, 2.05) is 0 Å². The average molecular weight is 248 g/mol. The smallest absolute Gasteiger partial charge is 0.320 e. The van der Waals surface area contributed by atoms with Crippen molar-refractivity contribution in [1.29, 1.82) is 0 Å². The molecule has 0 spiro atoms. The molecule has 0 heterocycles. The summed E-state index contributed by atoms with van der Waals surface area (Å²) in [4.78, 5) is 20.1. The number of amides is 1. The monoisotopic (exact) mass is 248 g/mol. The summed E-state index contributed by atoms with van der Waals surface area (Å²) in [6, 6.07) is 3.62. The number of nitrogens with one attached hydrogen (secondary N) is 1. The molecule has 92 valence electrons. The van der Waals surface area contributed by atoms with E-state index in [0.29, 0.717) is 0 Å². The highest BCUT2D eigenvalue weighted by molar-refractivity contribution is 5.91. The lowest BCUT2D eigenvalue weighted by Crippen LogP contribution is -2.21. The fourth-order valence-electron chi connectivity index (χ4n) is 1.06. The minimum Gasteiger partial charge on any atom is -0.320 e. The summed E-state index contributed by atoms with van der Waals surface area (Å²) in [5, 5.41) is 12.1. The van der Waals surface area contributed by atoms with Crippen molar-refractivity contribution < 1.29 is 22.9 Å². The van der Waals surface area contributed by atoms with E-state index < -0.39 is 29.1 Å². The Labute approximate surface area is 93.4 Å². The molecule has 0 saturated heterocycles. The lowest BCUT2D eigenvalue weighted by molar-refractivity contribution is -0.467. The first-order valence-corrected chi connectivity index (χ1v) is 4.38. The van der Waals surface area contributed by atoms with Crippen LogP contribution >= 0.6 is 0 Å². The third-order valence-electron chi connectivity index (χ3n) is 1.77. The van der Waals surface area contributed by atoms with Crippen molar-refractivity contribution in [3.63, 3.8) is 0 Å². The molecule has 1 amide bonds. The van der Waals surface area contributed by atoms with Crippen LogP contribution in [0.5, 0.6) is 0 Å². The second-order valence-corrected chi connectivity index (χ2v) is 3.11. The van der Waals surface area contributed by atoms with Gasteiger partial charge in [-0.3, -0.25) is 14.9 Å². The first kappa shape index (κ1) is 12.9. The van der Waals surface area contributed by atoms with Gasteiger partial charge >= 0.3 is 6.18 Å². The molecule has 1 rings (SSSR count). The molecule has 0 fully saturated rings. The van der Waals surface area contributed by atoms with E-state index in [9.17, 15) is 28.1 Å². The number of rotatable bonds is 3. The molecule has 0 aliphatic rings. The van der Waals surface area contributed by atoms with Crippen molar-refractivity contribution >= 4 is 11.6 Å². The van der Waals surface area contributed by atoms with Gasteiger partial charge in [0, 0.05) is 10.6 Å². The normalized spacial score (nSPS) is 11.0. The zero-order chi connectivity index (χ0) is 13.1. The van der Waals surface area contributed by atoms with Crippen LogP contribution in [-0.4, -0.2) is 17.4 Å². The Morgan fingerprint density at radius 3 is 2.24 bits per heavy atom. The van der Waals surface area contributed by atoms with Gasteiger partial charge < -0.3 is 5.32 Å². The number of nitrogens with zero attached hydrogens (tertiary/aromatic N) is 1. The van der Waals surface area contributed by atoms with Gasteiger partial charge in [-0.1, -0.05) is 0 Å². The molecular formula is C9H7F3N2O3. The highest BCUT2D eigenvalue weighted by Crippen LogP contribution is 2.29. The number of nitro groups is 1. The van der Waals surface area contributed by atoms with Crippen LogP contribution in [0.1, 0.15) is 5.56 Å². The topological polar surface area (TPSA) is 72.2 Å². The van der Waals surface area contributed by atoms with Gasteiger partial charge in [-0.15, -0.1) is 0 Å². The maximum Gasteiger partial charge on any atom is 0.416 e. The van der Waals surface area contributed by atoms with E-state index in [-0.39, 0.29) is 5.69 Å². The lowest BCUT2D eigenvalue weighted by Gasteiger charge is -2.07. The van der Waals surface area contributed by atoms with Crippen LogP contribution in [0.15, 0.2) is 24.3 Å². The molecule has 0 atom stereocenters. The number of halogens is 3. The predicted octanol–water partition coefficient (Wildman–Crippen LogP) is 1.92. The van der Waals surface area contributed by atoms with Crippen molar-refractivity contribution in [2.75, 3.05) is 11.9 Å². The van der Waals surface area contributed by atoms with Crippen molar-refractivity contribution in [3.05, 3.63) is 39.9 Å². The second-order valence-electron chi connectivity index (χ2n) is 3.11. The number of alkyl halides is 3.